The summed E-state index contributed by atoms with van der Waals surface area (Å²) < 4.78 is 14.9. The summed E-state index contributed by atoms with van der Waals surface area (Å²) in [5.41, 5.74) is 1.06. The Kier molecular flexibility index (Phi) is 4.45. The number of nitrogens with zero attached hydrogens (tertiary/aromatic N) is 3. The lowest BCUT2D eigenvalue weighted by molar-refractivity contribution is -0.119. The van der Waals surface area contributed by atoms with Crippen LogP contribution >= 0.6 is 0 Å². The molecule has 0 spiro atoms. The third-order valence-electron chi connectivity index (χ3n) is 3.70. The topological polar surface area (TPSA) is 71.5 Å². The number of hydrogen-bond acceptors (Lipinski definition) is 3. The van der Waals surface area contributed by atoms with Crippen molar-refractivity contribution in [3.63, 3.8) is 0 Å². The molecule has 0 aliphatic heterocycles. The summed E-state index contributed by atoms with van der Waals surface area (Å²) in [5.74, 6) is -0.544. The molecule has 0 radical (unpaired) electrons. The zero-order valence-electron chi connectivity index (χ0n) is 14.3. The maximum Gasteiger partial charge on any atom is 0.229 e. The van der Waals surface area contributed by atoms with Gasteiger partial charge in [0.05, 0.1) is 29.6 Å². The fourth-order valence-corrected chi connectivity index (χ4v) is 2.63. The molecule has 1 aromatic heterocycles. The molecule has 0 fully saturated rings. The van der Waals surface area contributed by atoms with Gasteiger partial charge in [-0.05, 0) is 50.2 Å². The summed E-state index contributed by atoms with van der Waals surface area (Å²) in [5, 5.41) is 12.5. The molecule has 3 aromatic rings. The Morgan fingerprint density at radius 3 is 2.62 bits per heavy atom. The number of hydrogen-bond donors (Lipinski definition) is 2. The molecule has 0 unspecified atom stereocenters. The van der Waals surface area contributed by atoms with Crippen LogP contribution in [0.3, 0.4) is 0 Å². The first kappa shape index (κ1) is 17.6. The highest BCUT2D eigenvalue weighted by molar-refractivity contribution is 5.93. The van der Waals surface area contributed by atoms with E-state index in [1.54, 1.807) is 34.9 Å². The van der Waals surface area contributed by atoms with Crippen molar-refractivity contribution in [1.82, 2.24) is 9.55 Å². The van der Waals surface area contributed by atoms with E-state index in [1.807, 2.05) is 0 Å². The third-order valence-corrected chi connectivity index (χ3v) is 3.70. The smallest absolute Gasteiger partial charge is 0.229 e. The normalized spacial score (nSPS) is 11.3. The van der Waals surface area contributed by atoms with Gasteiger partial charge in [0.15, 0.2) is 5.69 Å². The molecule has 1 amide bonds. The van der Waals surface area contributed by atoms with Crippen LogP contribution in [0, 0.1) is 12.4 Å². The van der Waals surface area contributed by atoms with Crippen LogP contribution in [0.5, 0.6) is 0 Å². The number of amides is 1. The fraction of sp³-hybridized carbons (Fsp3) is 0.211. The van der Waals surface area contributed by atoms with Crippen molar-refractivity contribution in [2.45, 2.75) is 25.9 Å². The number of aliphatic hydroxyl groups is 1. The van der Waals surface area contributed by atoms with Crippen LogP contribution < -0.4 is 5.32 Å². The number of anilines is 1. The molecule has 3 rings (SSSR count). The van der Waals surface area contributed by atoms with Crippen LogP contribution in [-0.4, -0.2) is 26.2 Å². The van der Waals surface area contributed by atoms with Crippen molar-refractivity contribution in [2.75, 3.05) is 5.32 Å². The van der Waals surface area contributed by atoms with E-state index in [4.69, 9.17) is 6.57 Å². The van der Waals surface area contributed by atoms with Gasteiger partial charge in [-0.1, -0.05) is 6.07 Å². The molecule has 0 aliphatic carbocycles. The molecule has 6 nitrogen and oxygen atoms in total. The Morgan fingerprint density at radius 2 is 2.00 bits per heavy atom. The van der Waals surface area contributed by atoms with Gasteiger partial charge in [0.2, 0.25) is 11.9 Å². The highest BCUT2D eigenvalue weighted by Gasteiger charge is 2.21. The number of carbonyl (C=O) groups is 1. The molecule has 132 valence electrons. The summed E-state index contributed by atoms with van der Waals surface area (Å²) in [6.45, 7) is 10.3. The van der Waals surface area contributed by atoms with Crippen LogP contribution in [0.15, 0.2) is 42.5 Å². The van der Waals surface area contributed by atoms with Gasteiger partial charge in [0.1, 0.15) is 5.82 Å². The summed E-state index contributed by atoms with van der Waals surface area (Å²) in [6.07, 6.45) is -0.104. The van der Waals surface area contributed by atoms with E-state index in [0.717, 1.165) is 0 Å². The minimum atomic E-state index is -1.16. The van der Waals surface area contributed by atoms with Gasteiger partial charge in [-0.25, -0.2) is 14.2 Å². The molecular formula is C19H17FN4O2. The molecule has 0 aliphatic rings. The Bertz CT molecular complexity index is 1010. The van der Waals surface area contributed by atoms with E-state index < -0.39 is 11.5 Å². The zero-order valence-corrected chi connectivity index (χ0v) is 14.3. The van der Waals surface area contributed by atoms with Crippen molar-refractivity contribution in [3.8, 4) is 5.69 Å². The number of nitrogens with one attached hydrogen (secondary N) is 1. The first-order chi connectivity index (χ1) is 12.3. The molecule has 0 bridgehead atoms. The van der Waals surface area contributed by atoms with Crippen LogP contribution in [-0.2, 0) is 4.79 Å². The average Bonchev–Trinajstić information content (AvgIpc) is 2.90. The average molecular weight is 352 g/mol. The lowest BCUT2D eigenvalue weighted by Crippen LogP contribution is -2.28. The van der Waals surface area contributed by atoms with Gasteiger partial charge >= 0.3 is 0 Å². The second-order valence-electron chi connectivity index (χ2n) is 6.57. The van der Waals surface area contributed by atoms with E-state index in [2.05, 4.69) is 15.1 Å². The van der Waals surface area contributed by atoms with Crippen LogP contribution in [0.1, 0.15) is 20.3 Å². The van der Waals surface area contributed by atoms with Gasteiger partial charge < -0.3 is 5.11 Å². The molecule has 0 atom stereocenters. The van der Waals surface area contributed by atoms with Gasteiger partial charge in [-0.15, -0.1) is 0 Å². The molecule has 0 saturated carbocycles. The standard InChI is InChI=1S/C19H17FN4O2/c1-19(2,26)11-17(25)23-18-22-15-9-6-13(21-3)10-16(15)24(18)14-7-4-12(20)5-8-14/h4-10,26H,11H2,1-2H3,(H,22,23,25). The van der Waals surface area contributed by atoms with Crippen LogP contribution in [0.4, 0.5) is 16.0 Å². The van der Waals surface area contributed by atoms with Crippen molar-refractivity contribution in [1.29, 1.82) is 0 Å². The Labute approximate surface area is 149 Å². The Morgan fingerprint density at radius 1 is 1.31 bits per heavy atom. The monoisotopic (exact) mass is 352 g/mol. The number of carbonyl (C=O) groups excluding carboxylic acids is 1. The van der Waals surface area contributed by atoms with Gasteiger partial charge in [-0.2, -0.15) is 0 Å². The van der Waals surface area contributed by atoms with Gasteiger partial charge in [0, 0.05) is 5.69 Å². The predicted molar refractivity (Wildman–Crippen MR) is 96.8 cm³/mol. The number of rotatable bonds is 4. The number of fused-ring (bicyclic) bond motifs is 1. The quantitative estimate of drug-likeness (QED) is 0.701. The molecule has 2 aromatic carbocycles. The number of halogens is 1. The number of benzene rings is 2. The van der Waals surface area contributed by atoms with Crippen LogP contribution in [0.2, 0.25) is 0 Å². The fourth-order valence-electron chi connectivity index (χ4n) is 2.63. The second kappa shape index (κ2) is 6.58. The van der Waals surface area contributed by atoms with Crippen molar-refractivity contribution >= 4 is 28.6 Å². The van der Waals surface area contributed by atoms with Crippen molar-refractivity contribution < 1.29 is 14.3 Å². The summed E-state index contributed by atoms with van der Waals surface area (Å²) in [4.78, 5) is 20.1. The van der Waals surface area contributed by atoms with Crippen molar-refractivity contribution in [3.05, 3.63) is 59.7 Å². The van der Waals surface area contributed by atoms with Crippen LogP contribution in [0.25, 0.3) is 21.6 Å². The van der Waals surface area contributed by atoms with E-state index >= 15 is 0 Å². The highest BCUT2D eigenvalue weighted by Crippen LogP contribution is 2.28. The highest BCUT2D eigenvalue weighted by atomic mass is 19.1. The maximum atomic E-state index is 13.3. The molecule has 1 heterocycles. The summed E-state index contributed by atoms with van der Waals surface area (Å²) in [6, 6.07) is 10.7. The lowest BCUT2D eigenvalue weighted by Gasteiger charge is -2.16. The van der Waals surface area contributed by atoms with Crippen molar-refractivity contribution in [2.24, 2.45) is 0 Å². The lowest BCUT2D eigenvalue weighted by atomic mass is 10.1. The second-order valence-corrected chi connectivity index (χ2v) is 6.57. The first-order valence-corrected chi connectivity index (χ1v) is 7.95. The molecule has 0 saturated heterocycles. The zero-order chi connectivity index (χ0) is 18.9. The van der Waals surface area contributed by atoms with Gasteiger partial charge in [0.25, 0.3) is 0 Å². The molecular weight excluding hydrogens is 335 g/mol. The molecule has 7 heteroatoms. The largest absolute Gasteiger partial charge is 0.390 e. The Balaban J connectivity index is 2.12. The van der Waals surface area contributed by atoms with E-state index in [9.17, 15) is 14.3 Å². The molecule has 2 N–H and O–H groups in total. The Hall–Kier alpha value is -3.24. The molecule has 26 heavy (non-hydrogen) atoms. The summed E-state index contributed by atoms with van der Waals surface area (Å²) in [7, 11) is 0. The SMILES string of the molecule is [C-]#[N+]c1ccc2nc(NC(=O)CC(C)(C)O)n(-c3ccc(F)cc3)c2c1. The maximum absolute atomic E-state index is 13.3. The minimum absolute atomic E-state index is 0.104. The number of aromatic nitrogens is 2. The van der Waals surface area contributed by atoms with E-state index in [0.29, 0.717) is 22.4 Å². The minimum Gasteiger partial charge on any atom is -0.390 e. The first-order valence-electron chi connectivity index (χ1n) is 7.95. The summed E-state index contributed by atoms with van der Waals surface area (Å²) >= 11 is 0. The number of imidazole rings is 1. The predicted octanol–water partition coefficient (Wildman–Crippen LogP) is 3.81. The van der Waals surface area contributed by atoms with Gasteiger partial charge in [-0.3, -0.25) is 14.7 Å². The van der Waals surface area contributed by atoms with E-state index in [-0.39, 0.29) is 18.2 Å². The van der Waals surface area contributed by atoms with E-state index in [1.165, 1.54) is 26.0 Å². The third kappa shape index (κ3) is 3.71.